The van der Waals surface area contributed by atoms with E-state index in [0.29, 0.717) is 16.6 Å². The minimum Gasteiger partial charge on any atom is -0.407 e. The fourth-order valence-corrected chi connectivity index (χ4v) is 2.95. The molecule has 0 aliphatic carbocycles. The number of hydrogen-bond acceptors (Lipinski definition) is 7. The maximum atomic E-state index is 12.0. The van der Waals surface area contributed by atoms with E-state index in [0.717, 1.165) is 4.88 Å². The van der Waals surface area contributed by atoms with Gasteiger partial charge in [-0.25, -0.2) is 0 Å². The molecule has 0 saturated carbocycles. The average Bonchev–Trinajstić information content (AvgIpc) is 3.17. The maximum absolute atomic E-state index is 12.0. The molecule has 0 unspecified atom stereocenters. The minimum atomic E-state index is -0.539. The van der Waals surface area contributed by atoms with Crippen LogP contribution in [0.1, 0.15) is 21.1 Å². The van der Waals surface area contributed by atoms with Gasteiger partial charge in [0.05, 0.1) is 15.7 Å². The summed E-state index contributed by atoms with van der Waals surface area (Å²) in [6, 6.07) is 8.76. The number of nitro benzene ring substituents is 1. The van der Waals surface area contributed by atoms with Crippen LogP contribution in [-0.2, 0) is 6.42 Å². The van der Waals surface area contributed by atoms with Gasteiger partial charge in [-0.15, -0.1) is 16.4 Å². The Morgan fingerprint density at radius 1 is 1.25 bits per heavy atom. The number of hydrogen-bond donors (Lipinski definition) is 1. The van der Waals surface area contributed by atoms with Crippen LogP contribution >= 0.6 is 22.9 Å². The van der Waals surface area contributed by atoms with Crippen molar-refractivity contribution in [3.05, 3.63) is 67.2 Å². The predicted octanol–water partition coefficient (Wildman–Crippen LogP) is 3.54. The van der Waals surface area contributed by atoms with Gasteiger partial charge in [-0.05, 0) is 24.3 Å². The SMILES string of the molecule is O=C(Nc1nnc(Cc2ccc(Cl)s2)o1)c1ccc([N+](=O)[O-])cc1. The number of benzene rings is 1. The lowest BCUT2D eigenvalue weighted by Crippen LogP contribution is -2.12. The van der Waals surface area contributed by atoms with Gasteiger partial charge in [-0.1, -0.05) is 16.7 Å². The van der Waals surface area contributed by atoms with Crippen LogP contribution in [0.2, 0.25) is 4.34 Å². The molecule has 1 aromatic carbocycles. The summed E-state index contributed by atoms with van der Waals surface area (Å²) in [5.41, 5.74) is 0.145. The van der Waals surface area contributed by atoms with E-state index in [4.69, 9.17) is 16.0 Å². The molecule has 10 heteroatoms. The third-order valence-electron chi connectivity index (χ3n) is 2.98. The topological polar surface area (TPSA) is 111 Å². The van der Waals surface area contributed by atoms with Gasteiger partial charge in [0.1, 0.15) is 0 Å². The number of nitrogens with one attached hydrogen (secondary N) is 1. The van der Waals surface area contributed by atoms with Crippen LogP contribution in [0.4, 0.5) is 11.7 Å². The Morgan fingerprint density at radius 2 is 2.00 bits per heavy atom. The number of thiophene rings is 1. The maximum Gasteiger partial charge on any atom is 0.322 e. The largest absolute Gasteiger partial charge is 0.407 e. The Bertz CT molecular complexity index is 890. The number of rotatable bonds is 5. The molecule has 122 valence electrons. The number of carbonyl (C=O) groups is 1. The van der Waals surface area contributed by atoms with Gasteiger partial charge in [0.25, 0.3) is 11.6 Å². The summed E-state index contributed by atoms with van der Waals surface area (Å²) in [6.07, 6.45) is 0.414. The molecule has 3 rings (SSSR count). The zero-order chi connectivity index (χ0) is 17.1. The molecule has 0 bridgehead atoms. The van der Waals surface area contributed by atoms with Crippen molar-refractivity contribution in [1.29, 1.82) is 0 Å². The minimum absolute atomic E-state index is 0.0454. The van der Waals surface area contributed by atoms with E-state index in [1.54, 1.807) is 6.07 Å². The van der Waals surface area contributed by atoms with Crippen molar-refractivity contribution in [2.24, 2.45) is 0 Å². The second-order valence-electron chi connectivity index (χ2n) is 4.64. The summed E-state index contributed by atoms with van der Waals surface area (Å²) in [7, 11) is 0. The van der Waals surface area contributed by atoms with Crippen molar-refractivity contribution in [3.63, 3.8) is 0 Å². The molecule has 0 saturated heterocycles. The number of anilines is 1. The van der Waals surface area contributed by atoms with Gasteiger partial charge in [0.15, 0.2) is 0 Å². The number of halogens is 1. The van der Waals surface area contributed by atoms with E-state index in [9.17, 15) is 14.9 Å². The quantitative estimate of drug-likeness (QED) is 0.547. The Labute approximate surface area is 144 Å². The zero-order valence-corrected chi connectivity index (χ0v) is 13.5. The molecule has 2 aromatic heterocycles. The molecular formula is C14H9ClN4O4S. The van der Waals surface area contributed by atoms with Crippen LogP contribution in [-0.4, -0.2) is 21.0 Å². The van der Waals surface area contributed by atoms with Gasteiger partial charge in [0, 0.05) is 22.6 Å². The fraction of sp³-hybridized carbons (Fsp3) is 0.0714. The lowest BCUT2D eigenvalue weighted by molar-refractivity contribution is -0.384. The van der Waals surface area contributed by atoms with Crippen molar-refractivity contribution in [3.8, 4) is 0 Å². The standard InChI is InChI=1S/C14H9ClN4O4S/c15-11-6-5-10(24-11)7-12-17-18-14(23-12)16-13(20)8-1-3-9(4-2-8)19(21)22/h1-6H,7H2,(H,16,18,20). The molecule has 24 heavy (non-hydrogen) atoms. The Hall–Kier alpha value is -2.78. The Balaban J connectivity index is 1.65. The second-order valence-corrected chi connectivity index (χ2v) is 6.44. The highest BCUT2D eigenvalue weighted by molar-refractivity contribution is 7.16. The van der Waals surface area contributed by atoms with Crippen molar-refractivity contribution < 1.29 is 14.1 Å². The number of nitrogens with zero attached hydrogens (tertiary/aromatic N) is 3. The molecule has 0 fully saturated rings. The average molecular weight is 365 g/mol. The number of non-ortho nitro benzene ring substituents is 1. The summed E-state index contributed by atoms with van der Waals surface area (Å²) in [4.78, 5) is 23.1. The lowest BCUT2D eigenvalue weighted by Gasteiger charge is -2.00. The monoisotopic (exact) mass is 364 g/mol. The number of nitro groups is 1. The van der Waals surface area contributed by atoms with Crippen LogP contribution in [0.5, 0.6) is 0 Å². The molecule has 0 aliphatic rings. The molecule has 1 amide bonds. The van der Waals surface area contributed by atoms with Gasteiger partial charge >= 0.3 is 6.01 Å². The highest BCUT2D eigenvalue weighted by Gasteiger charge is 2.14. The van der Waals surface area contributed by atoms with Crippen LogP contribution < -0.4 is 5.32 Å². The van der Waals surface area contributed by atoms with Crippen molar-refractivity contribution in [2.75, 3.05) is 5.32 Å². The molecule has 0 atom stereocenters. The van der Waals surface area contributed by atoms with Crippen LogP contribution in [0.15, 0.2) is 40.8 Å². The Kier molecular flexibility index (Phi) is 4.54. The molecule has 0 spiro atoms. The van der Waals surface area contributed by atoms with Gasteiger partial charge < -0.3 is 4.42 Å². The third-order valence-corrected chi connectivity index (χ3v) is 4.21. The van der Waals surface area contributed by atoms with E-state index in [1.807, 2.05) is 6.07 Å². The second kappa shape index (κ2) is 6.77. The molecule has 0 radical (unpaired) electrons. The highest BCUT2D eigenvalue weighted by Crippen LogP contribution is 2.24. The van der Waals surface area contributed by atoms with E-state index in [-0.39, 0.29) is 17.3 Å². The van der Waals surface area contributed by atoms with Crippen molar-refractivity contribution >= 4 is 40.5 Å². The highest BCUT2D eigenvalue weighted by atomic mass is 35.5. The molecule has 1 N–H and O–H groups in total. The molecule has 2 heterocycles. The number of amides is 1. The van der Waals surface area contributed by atoms with Crippen molar-refractivity contribution in [2.45, 2.75) is 6.42 Å². The molecular weight excluding hydrogens is 356 g/mol. The van der Waals surface area contributed by atoms with Crippen molar-refractivity contribution in [1.82, 2.24) is 10.2 Å². The summed E-state index contributed by atoms with van der Waals surface area (Å²) < 4.78 is 6.02. The van der Waals surface area contributed by atoms with Gasteiger partial charge in [-0.2, -0.15) is 0 Å². The molecule has 8 nitrogen and oxygen atoms in total. The smallest absolute Gasteiger partial charge is 0.322 e. The summed E-state index contributed by atoms with van der Waals surface area (Å²) in [5.74, 6) is -0.160. The van der Waals surface area contributed by atoms with E-state index < -0.39 is 10.8 Å². The van der Waals surface area contributed by atoms with E-state index >= 15 is 0 Å². The summed E-state index contributed by atoms with van der Waals surface area (Å²) in [5, 5.41) is 20.6. The van der Waals surface area contributed by atoms with Gasteiger partial charge in [-0.3, -0.25) is 20.2 Å². The van der Waals surface area contributed by atoms with Crippen LogP contribution in [0.3, 0.4) is 0 Å². The number of carbonyl (C=O) groups excluding carboxylic acids is 1. The third kappa shape index (κ3) is 3.76. The normalized spacial score (nSPS) is 10.5. The number of aromatic nitrogens is 2. The van der Waals surface area contributed by atoms with Crippen LogP contribution in [0.25, 0.3) is 0 Å². The fourth-order valence-electron chi connectivity index (χ4n) is 1.88. The lowest BCUT2D eigenvalue weighted by atomic mass is 10.2. The first kappa shape index (κ1) is 16.1. The molecule has 3 aromatic rings. The first-order chi connectivity index (χ1) is 11.5. The first-order valence-corrected chi connectivity index (χ1v) is 7.83. The summed E-state index contributed by atoms with van der Waals surface area (Å²) in [6.45, 7) is 0. The Morgan fingerprint density at radius 3 is 2.62 bits per heavy atom. The van der Waals surface area contributed by atoms with Crippen LogP contribution in [0, 0.1) is 10.1 Å². The molecule has 0 aliphatic heterocycles. The predicted molar refractivity (Wildman–Crippen MR) is 87.5 cm³/mol. The summed E-state index contributed by atoms with van der Waals surface area (Å²) >= 11 is 7.25. The van der Waals surface area contributed by atoms with Gasteiger partial charge in [0.2, 0.25) is 5.89 Å². The zero-order valence-electron chi connectivity index (χ0n) is 11.9. The van der Waals surface area contributed by atoms with E-state index in [2.05, 4.69) is 15.5 Å². The van der Waals surface area contributed by atoms with E-state index in [1.165, 1.54) is 35.6 Å². The first-order valence-electron chi connectivity index (χ1n) is 6.63.